The first-order valence-corrected chi connectivity index (χ1v) is 8.17. The molecule has 1 heterocycles. The molecule has 2 aromatic rings. The molecule has 0 unspecified atom stereocenters. The van der Waals surface area contributed by atoms with Gasteiger partial charge in [0.25, 0.3) is 0 Å². The molecule has 0 fully saturated rings. The van der Waals surface area contributed by atoms with E-state index in [2.05, 4.69) is 31.7 Å². The molecule has 2 N–H and O–H groups in total. The Balaban J connectivity index is 2.13. The zero-order chi connectivity index (χ0) is 15.4. The van der Waals surface area contributed by atoms with E-state index < -0.39 is 0 Å². The first-order valence-electron chi connectivity index (χ1n) is 6.21. The Morgan fingerprint density at radius 2 is 2.19 bits per heavy atom. The summed E-state index contributed by atoms with van der Waals surface area (Å²) in [5.74, 6) is 0.658. The van der Waals surface area contributed by atoms with Crippen LogP contribution >= 0.6 is 51.3 Å². The van der Waals surface area contributed by atoms with Crippen molar-refractivity contribution in [3.05, 3.63) is 44.5 Å². The minimum atomic E-state index is 0.535. The van der Waals surface area contributed by atoms with Gasteiger partial charge in [0.2, 0.25) is 0 Å². The molecule has 0 saturated carbocycles. The van der Waals surface area contributed by atoms with Crippen LogP contribution in [0.25, 0.3) is 0 Å². The number of thiocarbonyl (C=S) groups is 1. The van der Waals surface area contributed by atoms with Crippen molar-refractivity contribution in [1.29, 1.82) is 0 Å². The van der Waals surface area contributed by atoms with Crippen LogP contribution in [-0.4, -0.2) is 21.4 Å². The lowest BCUT2D eigenvalue weighted by Crippen LogP contribution is -2.28. The van der Waals surface area contributed by atoms with Gasteiger partial charge in [-0.15, -0.1) is 0 Å². The summed E-state index contributed by atoms with van der Waals surface area (Å²) >= 11 is 20.7. The zero-order valence-electron chi connectivity index (χ0n) is 11.2. The highest BCUT2D eigenvalue weighted by Crippen LogP contribution is 2.24. The van der Waals surface area contributed by atoms with Crippen molar-refractivity contribution in [3.63, 3.8) is 0 Å². The number of hydrogen-bond acceptors (Lipinski definition) is 2. The molecular formula is C13H13BrCl2N4S. The molecular weight excluding hydrogens is 395 g/mol. The van der Waals surface area contributed by atoms with Crippen molar-refractivity contribution in [3.8, 4) is 0 Å². The smallest absolute Gasteiger partial charge is 0.172 e. The van der Waals surface area contributed by atoms with E-state index in [0.29, 0.717) is 27.5 Å². The molecule has 8 heteroatoms. The molecule has 2 rings (SSSR count). The van der Waals surface area contributed by atoms with Gasteiger partial charge in [0.1, 0.15) is 0 Å². The summed E-state index contributed by atoms with van der Waals surface area (Å²) < 4.78 is 2.60. The van der Waals surface area contributed by atoms with Crippen molar-refractivity contribution in [2.24, 2.45) is 0 Å². The summed E-state index contributed by atoms with van der Waals surface area (Å²) in [5, 5.41) is 12.2. The molecule has 0 spiro atoms. The fourth-order valence-electron chi connectivity index (χ4n) is 1.70. The third-order valence-corrected chi connectivity index (χ3v) is 4.05. The Labute approximate surface area is 146 Å². The normalized spacial score (nSPS) is 10.5. The second-order valence-electron chi connectivity index (χ2n) is 4.24. The van der Waals surface area contributed by atoms with Gasteiger partial charge in [0, 0.05) is 22.8 Å². The standard InChI is InChI=1S/C13H13BrCl2N4S/c1-2-17-13(21)18-12-10(14)7-20(19-12)6-8-3-4-9(15)5-11(8)16/h3-5,7H,2,6H2,1H3,(H2,17,18,19,21). The Kier molecular flexibility index (Phi) is 5.87. The average Bonchev–Trinajstić information content (AvgIpc) is 2.73. The molecule has 0 aliphatic rings. The maximum atomic E-state index is 6.17. The van der Waals surface area contributed by atoms with Crippen molar-refractivity contribution in [2.45, 2.75) is 13.5 Å². The predicted molar refractivity (Wildman–Crippen MR) is 95.4 cm³/mol. The quantitative estimate of drug-likeness (QED) is 0.741. The second-order valence-corrected chi connectivity index (χ2v) is 6.35. The van der Waals surface area contributed by atoms with Crippen LogP contribution in [-0.2, 0) is 6.54 Å². The highest BCUT2D eigenvalue weighted by atomic mass is 79.9. The molecule has 1 aromatic carbocycles. The molecule has 0 radical (unpaired) electrons. The summed E-state index contributed by atoms with van der Waals surface area (Å²) in [7, 11) is 0. The van der Waals surface area contributed by atoms with E-state index in [-0.39, 0.29) is 0 Å². The minimum Gasteiger partial charge on any atom is -0.363 e. The summed E-state index contributed by atoms with van der Waals surface area (Å²) in [6, 6.07) is 5.41. The second kappa shape index (κ2) is 7.45. The maximum absolute atomic E-state index is 6.17. The van der Waals surface area contributed by atoms with E-state index in [1.165, 1.54) is 0 Å². The lowest BCUT2D eigenvalue weighted by Gasteiger charge is -2.07. The van der Waals surface area contributed by atoms with Crippen molar-refractivity contribution >= 4 is 62.3 Å². The molecule has 0 saturated heterocycles. The van der Waals surface area contributed by atoms with Crippen LogP contribution in [0.4, 0.5) is 5.82 Å². The van der Waals surface area contributed by atoms with Gasteiger partial charge in [0.05, 0.1) is 11.0 Å². The van der Waals surface area contributed by atoms with Crippen LogP contribution in [0.2, 0.25) is 10.0 Å². The van der Waals surface area contributed by atoms with Crippen LogP contribution in [0, 0.1) is 0 Å². The number of aromatic nitrogens is 2. The Hall–Kier alpha value is -0.820. The van der Waals surface area contributed by atoms with Gasteiger partial charge in [-0.3, -0.25) is 4.68 Å². The van der Waals surface area contributed by atoms with Gasteiger partial charge in [0.15, 0.2) is 10.9 Å². The molecule has 0 aliphatic carbocycles. The Bertz CT molecular complexity index is 660. The van der Waals surface area contributed by atoms with Gasteiger partial charge in [-0.2, -0.15) is 5.10 Å². The fourth-order valence-corrected chi connectivity index (χ4v) is 2.82. The van der Waals surface area contributed by atoms with E-state index >= 15 is 0 Å². The number of rotatable bonds is 4. The summed E-state index contributed by atoms with van der Waals surface area (Å²) in [6.07, 6.45) is 1.86. The van der Waals surface area contributed by atoms with Crippen molar-refractivity contribution < 1.29 is 0 Å². The third-order valence-electron chi connectivity index (χ3n) is 2.63. The SMILES string of the molecule is CCNC(=S)Nc1nn(Cc2ccc(Cl)cc2Cl)cc1Br. The zero-order valence-corrected chi connectivity index (χ0v) is 15.1. The average molecular weight is 408 g/mol. The van der Waals surface area contributed by atoms with Gasteiger partial charge >= 0.3 is 0 Å². The summed E-state index contributed by atoms with van der Waals surface area (Å²) in [6.45, 7) is 3.28. The summed E-state index contributed by atoms with van der Waals surface area (Å²) in [4.78, 5) is 0. The number of hydrogen-bond donors (Lipinski definition) is 2. The largest absolute Gasteiger partial charge is 0.363 e. The van der Waals surface area contributed by atoms with E-state index in [1.807, 2.05) is 19.2 Å². The van der Waals surface area contributed by atoms with Crippen molar-refractivity contribution in [1.82, 2.24) is 15.1 Å². The van der Waals surface area contributed by atoms with E-state index in [4.69, 9.17) is 35.4 Å². The highest BCUT2D eigenvalue weighted by Gasteiger charge is 2.09. The van der Waals surface area contributed by atoms with Crippen LogP contribution < -0.4 is 10.6 Å². The van der Waals surface area contributed by atoms with E-state index in [0.717, 1.165) is 16.6 Å². The number of nitrogens with zero attached hydrogens (tertiary/aromatic N) is 2. The number of benzene rings is 1. The number of halogens is 3. The Morgan fingerprint density at radius 1 is 1.43 bits per heavy atom. The van der Waals surface area contributed by atoms with E-state index in [9.17, 15) is 0 Å². The van der Waals surface area contributed by atoms with E-state index in [1.54, 1.807) is 16.8 Å². The van der Waals surface area contributed by atoms with Crippen LogP contribution in [0.3, 0.4) is 0 Å². The van der Waals surface area contributed by atoms with Crippen LogP contribution in [0.5, 0.6) is 0 Å². The minimum absolute atomic E-state index is 0.535. The molecule has 0 amide bonds. The molecule has 0 bridgehead atoms. The van der Waals surface area contributed by atoms with Gasteiger partial charge in [-0.25, -0.2) is 0 Å². The Morgan fingerprint density at radius 3 is 2.86 bits per heavy atom. The summed E-state index contributed by atoms with van der Waals surface area (Å²) in [5.41, 5.74) is 0.942. The number of anilines is 1. The topological polar surface area (TPSA) is 41.9 Å². The van der Waals surface area contributed by atoms with Crippen LogP contribution in [0.1, 0.15) is 12.5 Å². The lowest BCUT2D eigenvalue weighted by molar-refractivity contribution is 0.689. The molecule has 0 aliphatic heterocycles. The fraction of sp³-hybridized carbons (Fsp3) is 0.231. The third kappa shape index (κ3) is 4.57. The maximum Gasteiger partial charge on any atom is 0.172 e. The van der Waals surface area contributed by atoms with Gasteiger partial charge in [-0.05, 0) is 52.8 Å². The molecule has 4 nitrogen and oxygen atoms in total. The van der Waals surface area contributed by atoms with Gasteiger partial charge in [-0.1, -0.05) is 29.3 Å². The molecule has 1 aromatic heterocycles. The van der Waals surface area contributed by atoms with Crippen LogP contribution in [0.15, 0.2) is 28.9 Å². The first kappa shape index (κ1) is 16.5. The molecule has 21 heavy (non-hydrogen) atoms. The molecule has 0 atom stereocenters. The van der Waals surface area contributed by atoms with Crippen molar-refractivity contribution in [2.75, 3.05) is 11.9 Å². The monoisotopic (exact) mass is 406 g/mol. The highest BCUT2D eigenvalue weighted by molar-refractivity contribution is 9.10. The lowest BCUT2D eigenvalue weighted by atomic mass is 10.2. The molecule has 112 valence electrons. The van der Waals surface area contributed by atoms with Gasteiger partial charge < -0.3 is 10.6 Å². The predicted octanol–water partition coefficient (Wildman–Crippen LogP) is 4.31. The number of nitrogens with one attached hydrogen (secondary N) is 2. The first-order chi connectivity index (χ1) is 9.99.